The van der Waals surface area contributed by atoms with Crippen LogP contribution in [0.25, 0.3) is 0 Å². The van der Waals surface area contributed by atoms with Gasteiger partial charge in [-0.15, -0.1) is 0 Å². The lowest BCUT2D eigenvalue weighted by Gasteiger charge is -2.10. The molecule has 6 nitrogen and oxygen atoms in total. The van der Waals surface area contributed by atoms with Gasteiger partial charge in [0, 0.05) is 12.1 Å². The first kappa shape index (κ1) is 14.8. The molecule has 2 aromatic rings. The summed E-state index contributed by atoms with van der Waals surface area (Å²) in [5.74, 6) is 0.706. The summed E-state index contributed by atoms with van der Waals surface area (Å²) in [6, 6.07) is 11.1. The Balaban J connectivity index is 2.53. The number of nitriles is 1. The molecule has 0 N–H and O–H groups in total. The van der Waals surface area contributed by atoms with E-state index in [0.29, 0.717) is 10.2 Å². The predicted molar refractivity (Wildman–Crippen MR) is 78.6 cm³/mol. The third kappa shape index (κ3) is 3.12. The van der Waals surface area contributed by atoms with E-state index in [1.54, 1.807) is 12.1 Å². The van der Waals surface area contributed by atoms with Gasteiger partial charge in [-0.05, 0) is 34.1 Å². The van der Waals surface area contributed by atoms with Gasteiger partial charge in [-0.1, -0.05) is 6.07 Å². The summed E-state index contributed by atoms with van der Waals surface area (Å²) in [4.78, 5) is 10.5. The van der Waals surface area contributed by atoms with Crippen LogP contribution in [0.15, 0.2) is 40.9 Å². The van der Waals surface area contributed by atoms with Gasteiger partial charge in [0.2, 0.25) is 5.75 Å². The molecule has 0 aliphatic rings. The average Bonchev–Trinajstić information content (AvgIpc) is 2.48. The maximum absolute atomic E-state index is 11.1. The maximum atomic E-state index is 11.1. The lowest BCUT2D eigenvalue weighted by atomic mass is 10.2. The van der Waals surface area contributed by atoms with Crippen molar-refractivity contribution in [2.75, 3.05) is 7.11 Å². The second-order valence-corrected chi connectivity index (χ2v) is 4.78. The van der Waals surface area contributed by atoms with Crippen molar-refractivity contribution in [2.45, 2.75) is 0 Å². The number of para-hydroxylation sites is 1. The van der Waals surface area contributed by atoms with E-state index in [-0.39, 0.29) is 22.7 Å². The van der Waals surface area contributed by atoms with Crippen LogP contribution < -0.4 is 9.47 Å². The highest BCUT2D eigenvalue weighted by Gasteiger charge is 2.20. The number of nitro benzene ring substituents is 1. The van der Waals surface area contributed by atoms with Gasteiger partial charge >= 0.3 is 5.69 Å². The fourth-order valence-electron chi connectivity index (χ4n) is 1.66. The monoisotopic (exact) mass is 348 g/mol. The molecule has 0 heterocycles. The van der Waals surface area contributed by atoms with Crippen molar-refractivity contribution in [3.05, 3.63) is 56.5 Å². The number of nitrogens with zero attached hydrogens (tertiary/aromatic N) is 2. The standard InChI is InChI=1S/C14H9BrN2O4/c1-20-10-6-5-9(8-16)13(7-10)21-14-11(15)3-2-4-12(14)17(18)19/h2-7H,1H3. The number of halogens is 1. The summed E-state index contributed by atoms with van der Waals surface area (Å²) in [5, 5.41) is 20.1. The SMILES string of the molecule is COc1ccc(C#N)c(Oc2c(Br)cccc2[N+](=O)[O-])c1. The first-order valence-electron chi connectivity index (χ1n) is 5.75. The summed E-state index contributed by atoms with van der Waals surface area (Å²) >= 11 is 3.21. The number of hydrogen-bond donors (Lipinski definition) is 0. The molecule has 2 rings (SSSR count). The normalized spacial score (nSPS) is 9.76. The summed E-state index contributed by atoms with van der Waals surface area (Å²) in [5.41, 5.74) is 0.0527. The Morgan fingerprint density at radius 1 is 1.33 bits per heavy atom. The highest BCUT2D eigenvalue weighted by atomic mass is 79.9. The van der Waals surface area contributed by atoms with Crippen molar-refractivity contribution >= 4 is 21.6 Å². The van der Waals surface area contributed by atoms with Crippen molar-refractivity contribution in [2.24, 2.45) is 0 Å². The van der Waals surface area contributed by atoms with Crippen LogP contribution in [0, 0.1) is 21.4 Å². The van der Waals surface area contributed by atoms with Gasteiger partial charge in [0.15, 0.2) is 0 Å². The Labute approximate surface area is 128 Å². The molecular weight excluding hydrogens is 340 g/mol. The molecule has 0 aliphatic heterocycles. The van der Waals surface area contributed by atoms with Gasteiger partial charge in [0.05, 0.1) is 22.1 Å². The van der Waals surface area contributed by atoms with Crippen LogP contribution in [0.1, 0.15) is 5.56 Å². The summed E-state index contributed by atoms with van der Waals surface area (Å²) < 4.78 is 11.1. The molecule has 2 aromatic carbocycles. The molecule has 0 atom stereocenters. The smallest absolute Gasteiger partial charge is 0.312 e. The van der Waals surface area contributed by atoms with E-state index in [1.807, 2.05) is 6.07 Å². The average molecular weight is 349 g/mol. The van der Waals surface area contributed by atoms with Gasteiger partial charge in [0.25, 0.3) is 0 Å². The van der Waals surface area contributed by atoms with E-state index in [4.69, 9.17) is 14.7 Å². The van der Waals surface area contributed by atoms with Crippen LogP contribution >= 0.6 is 15.9 Å². The van der Waals surface area contributed by atoms with E-state index in [9.17, 15) is 10.1 Å². The van der Waals surface area contributed by atoms with E-state index < -0.39 is 4.92 Å². The molecule has 0 amide bonds. The molecule has 0 aliphatic carbocycles. The van der Waals surface area contributed by atoms with Gasteiger partial charge < -0.3 is 9.47 Å². The Bertz CT molecular complexity index is 740. The van der Waals surface area contributed by atoms with Crippen LogP contribution in [-0.4, -0.2) is 12.0 Å². The van der Waals surface area contributed by atoms with Gasteiger partial charge in [0.1, 0.15) is 17.6 Å². The number of hydrogen-bond acceptors (Lipinski definition) is 5. The topological polar surface area (TPSA) is 85.4 Å². The molecular formula is C14H9BrN2O4. The molecule has 21 heavy (non-hydrogen) atoms. The minimum atomic E-state index is -0.549. The van der Waals surface area contributed by atoms with Gasteiger partial charge in [-0.3, -0.25) is 10.1 Å². The Morgan fingerprint density at radius 2 is 2.10 bits per heavy atom. The summed E-state index contributed by atoms with van der Waals surface area (Å²) in [6.45, 7) is 0. The van der Waals surface area contributed by atoms with Crippen LogP contribution in [0.3, 0.4) is 0 Å². The zero-order valence-corrected chi connectivity index (χ0v) is 12.5. The number of benzene rings is 2. The van der Waals surface area contributed by atoms with Crippen LogP contribution in [0.4, 0.5) is 5.69 Å². The first-order chi connectivity index (χ1) is 10.1. The van der Waals surface area contributed by atoms with Crippen LogP contribution in [-0.2, 0) is 0 Å². The largest absolute Gasteiger partial charge is 0.497 e. The molecule has 0 aromatic heterocycles. The summed E-state index contributed by atoms with van der Waals surface area (Å²) in [7, 11) is 1.48. The maximum Gasteiger partial charge on any atom is 0.312 e. The molecule has 0 fully saturated rings. The highest BCUT2D eigenvalue weighted by molar-refractivity contribution is 9.10. The summed E-state index contributed by atoms with van der Waals surface area (Å²) in [6.07, 6.45) is 0. The van der Waals surface area contributed by atoms with E-state index in [1.165, 1.54) is 31.4 Å². The van der Waals surface area contributed by atoms with E-state index in [2.05, 4.69) is 15.9 Å². The van der Waals surface area contributed by atoms with Crippen molar-refractivity contribution in [1.82, 2.24) is 0 Å². The van der Waals surface area contributed by atoms with Gasteiger partial charge in [-0.25, -0.2) is 0 Å². The zero-order chi connectivity index (χ0) is 15.4. The molecule has 7 heteroatoms. The number of rotatable bonds is 4. The van der Waals surface area contributed by atoms with E-state index in [0.717, 1.165) is 0 Å². The molecule has 0 spiro atoms. The Morgan fingerprint density at radius 3 is 2.71 bits per heavy atom. The van der Waals surface area contributed by atoms with E-state index >= 15 is 0 Å². The third-order valence-electron chi connectivity index (χ3n) is 2.66. The Hall–Kier alpha value is -2.59. The molecule has 0 saturated carbocycles. The van der Waals surface area contributed by atoms with Gasteiger partial charge in [-0.2, -0.15) is 5.26 Å². The van der Waals surface area contributed by atoms with Crippen LogP contribution in [0.2, 0.25) is 0 Å². The predicted octanol–water partition coefficient (Wildman–Crippen LogP) is 4.03. The molecule has 0 unspecified atom stereocenters. The number of methoxy groups -OCH3 is 1. The van der Waals surface area contributed by atoms with Crippen molar-refractivity contribution in [3.8, 4) is 23.3 Å². The minimum absolute atomic E-state index is 0.0345. The Kier molecular flexibility index (Phi) is 4.40. The van der Waals surface area contributed by atoms with Crippen molar-refractivity contribution in [1.29, 1.82) is 5.26 Å². The second kappa shape index (κ2) is 6.24. The fourth-order valence-corrected chi connectivity index (χ4v) is 2.10. The second-order valence-electron chi connectivity index (χ2n) is 3.92. The highest BCUT2D eigenvalue weighted by Crippen LogP contribution is 2.39. The number of nitro groups is 1. The quantitative estimate of drug-likeness (QED) is 0.614. The number of ether oxygens (including phenoxy) is 2. The molecule has 0 bridgehead atoms. The first-order valence-corrected chi connectivity index (χ1v) is 6.55. The molecule has 106 valence electrons. The van der Waals surface area contributed by atoms with Crippen LogP contribution in [0.5, 0.6) is 17.2 Å². The minimum Gasteiger partial charge on any atom is -0.497 e. The fraction of sp³-hybridized carbons (Fsp3) is 0.0714. The zero-order valence-electron chi connectivity index (χ0n) is 10.9. The lowest BCUT2D eigenvalue weighted by molar-refractivity contribution is -0.385. The molecule has 0 saturated heterocycles. The van der Waals surface area contributed by atoms with Crippen molar-refractivity contribution < 1.29 is 14.4 Å². The third-order valence-corrected chi connectivity index (χ3v) is 3.29. The molecule has 0 radical (unpaired) electrons. The lowest BCUT2D eigenvalue weighted by Crippen LogP contribution is -1.96. The van der Waals surface area contributed by atoms with Crippen molar-refractivity contribution in [3.63, 3.8) is 0 Å².